The van der Waals surface area contributed by atoms with Crippen molar-refractivity contribution in [3.05, 3.63) is 84.1 Å². The van der Waals surface area contributed by atoms with Gasteiger partial charge in [-0.2, -0.15) is 4.98 Å². The normalized spacial score (nSPS) is 11.4. The van der Waals surface area contributed by atoms with Crippen LogP contribution in [0.15, 0.2) is 71.8 Å². The van der Waals surface area contributed by atoms with Crippen molar-refractivity contribution in [1.82, 2.24) is 19.5 Å². The van der Waals surface area contributed by atoms with Gasteiger partial charge in [0.05, 0.1) is 41.1 Å². The molecule has 0 unspecified atom stereocenters. The fraction of sp³-hybridized carbons (Fsp3) is 0.200. The molecule has 0 saturated carbocycles. The molecule has 2 aromatic heterocycles. The Kier molecular flexibility index (Phi) is 8.45. The summed E-state index contributed by atoms with van der Waals surface area (Å²) in [5.74, 6) is -0.590. The number of imidazole rings is 1. The molecule has 1 amide bonds. The van der Waals surface area contributed by atoms with Crippen LogP contribution in [0.2, 0.25) is 0 Å². The van der Waals surface area contributed by atoms with E-state index in [1.54, 1.807) is 48.8 Å². The number of nitrogens with zero attached hydrogens (tertiary/aromatic N) is 5. The number of carbonyl (C=O) groups excluding carboxylic acids is 1. The Labute approximate surface area is 252 Å². The SMILES string of the molecule is CCS(=O)(=O)c1ccc(OC)c(Nc2nccc(N(C)c3cccc4c3nc(NC(=O)Cc3cc(F)ccc3F)n4C)n2)c1. The van der Waals surface area contributed by atoms with Crippen LogP contribution in [0.4, 0.5) is 37.9 Å². The van der Waals surface area contributed by atoms with Crippen molar-refractivity contribution in [3.8, 4) is 5.75 Å². The number of methoxy groups -OCH3 is 1. The third kappa shape index (κ3) is 6.15. The number of para-hydroxylation sites is 1. The van der Waals surface area contributed by atoms with Gasteiger partial charge in [-0.05, 0) is 54.6 Å². The molecule has 5 rings (SSSR count). The zero-order valence-electron chi connectivity index (χ0n) is 24.3. The number of aromatic nitrogens is 4. The van der Waals surface area contributed by atoms with Crippen LogP contribution in [0.25, 0.3) is 11.0 Å². The number of fused-ring (bicyclic) bond motifs is 1. The highest BCUT2D eigenvalue weighted by Crippen LogP contribution is 2.33. The summed E-state index contributed by atoms with van der Waals surface area (Å²) in [4.78, 5) is 28.2. The first-order chi connectivity index (χ1) is 21.0. The van der Waals surface area contributed by atoms with Gasteiger partial charge >= 0.3 is 0 Å². The molecule has 0 saturated heterocycles. The zero-order valence-corrected chi connectivity index (χ0v) is 25.1. The minimum absolute atomic E-state index is 0.0500. The number of anilines is 5. The second-order valence-corrected chi connectivity index (χ2v) is 12.1. The molecule has 5 aromatic rings. The number of carbonyl (C=O) groups is 1. The van der Waals surface area contributed by atoms with Crippen LogP contribution in [-0.2, 0) is 28.1 Å². The van der Waals surface area contributed by atoms with Crippen molar-refractivity contribution in [1.29, 1.82) is 0 Å². The van der Waals surface area contributed by atoms with E-state index < -0.39 is 27.4 Å². The number of hydrogen-bond acceptors (Lipinski definition) is 9. The van der Waals surface area contributed by atoms with Crippen molar-refractivity contribution in [3.63, 3.8) is 0 Å². The minimum Gasteiger partial charge on any atom is -0.495 e. The Hall–Kier alpha value is -5.11. The summed E-state index contributed by atoms with van der Waals surface area (Å²) in [6.45, 7) is 1.57. The van der Waals surface area contributed by atoms with Gasteiger partial charge in [-0.15, -0.1) is 0 Å². The molecular formula is C30H29F2N7O4S. The summed E-state index contributed by atoms with van der Waals surface area (Å²) in [6, 6.07) is 14.7. The Morgan fingerprint density at radius 2 is 1.86 bits per heavy atom. The molecular weight excluding hydrogens is 592 g/mol. The van der Waals surface area contributed by atoms with Gasteiger partial charge in [0.25, 0.3) is 0 Å². The largest absolute Gasteiger partial charge is 0.495 e. The van der Waals surface area contributed by atoms with E-state index in [-0.39, 0.29) is 34.5 Å². The topological polar surface area (TPSA) is 131 Å². The average Bonchev–Trinajstić information content (AvgIpc) is 3.33. The van der Waals surface area contributed by atoms with Crippen LogP contribution in [-0.4, -0.2) is 53.8 Å². The maximum Gasteiger partial charge on any atom is 0.231 e. The van der Waals surface area contributed by atoms with Crippen molar-refractivity contribution in [2.45, 2.75) is 18.2 Å². The fourth-order valence-electron chi connectivity index (χ4n) is 4.59. The van der Waals surface area contributed by atoms with Crippen molar-refractivity contribution in [2.75, 3.05) is 35.4 Å². The first-order valence-electron chi connectivity index (χ1n) is 13.4. The van der Waals surface area contributed by atoms with Crippen molar-refractivity contribution in [2.24, 2.45) is 7.05 Å². The number of hydrogen-bond donors (Lipinski definition) is 2. The maximum absolute atomic E-state index is 14.1. The van der Waals surface area contributed by atoms with Gasteiger partial charge in [0, 0.05) is 25.9 Å². The van der Waals surface area contributed by atoms with Gasteiger partial charge in [0.2, 0.25) is 17.8 Å². The zero-order chi connectivity index (χ0) is 31.6. The highest BCUT2D eigenvalue weighted by Gasteiger charge is 2.19. The van der Waals surface area contributed by atoms with E-state index in [9.17, 15) is 22.0 Å². The number of benzene rings is 3. The van der Waals surface area contributed by atoms with E-state index >= 15 is 0 Å². The number of ether oxygens (including phenoxy) is 1. The molecule has 0 radical (unpaired) electrons. The summed E-state index contributed by atoms with van der Waals surface area (Å²) in [5, 5.41) is 5.73. The molecule has 0 aliphatic heterocycles. The standard InChI is InChI=1S/C30H29F2N7O4S/c1-5-44(41,42)20-10-12-25(43-4)22(17-20)34-29-33-14-13-26(35-29)38(2)23-7-6-8-24-28(23)37-30(39(24)3)36-27(40)16-18-15-19(31)9-11-21(18)32/h6-15,17H,5,16H2,1-4H3,(H,33,34,35)(H,36,37,40). The third-order valence-corrected chi connectivity index (χ3v) is 8.73. The molecule has 0 atom stereocenters. The summed E-state index contributed by atoms with van der Waals surface area (Å²) in [5.41, 5.74) is 2.23. The molecule has 2 heterocycles. The molecule has 44 heavy (non-hydrogen) atoms. The van der Waals surface area contributed by atoms with E-state index in [1.165, 1.54) is 19.2 Å². The predicted octanol–water partition coefficient (Wildman–Crippen LogP) is 5.14. The summed E-state index contributed by atoms with van der Waals surface area (Å²) >= 11 is 0. The van der Waals surface area contributed by atoms with Crippen molar-refractivity contribution < 1.29 is 26.7 Å². The van der Waals surface area contributed by atoms with Crippen LogP contribution in [0.5, 0.6) is 5.75 Å². The van der Waals surface area contributed by atoms with E-state index in [2.05, 4.69) is 25.6 Å². The lowest BCUT2D eigenvalue weighted by Gasteiger charge is -2.19. The van der Waals surface area contributed by atoms with Crippen LogP contribution < -0.4 is 20.3 Å². The van der Waals surface area contributed by atoms with Crippen LogP contribution >= 0.6 is 0 Å². The molecule has 0 aliphatic rings. The van der Waals surface area contributed by atoms with Gasteiger partial charge in [0.1, 0.15) is 28.7 Å². The van der Waals surface area contributed by atoms with E-state index in [1.807, 2.05) is 18.2 Å². The molecule has 14 heteroatoms. The first kappa shape index (κ1) is 30.4. The highest BCUT2D eigenvalue weighted by molar-refractivity contribution is 7.91. The number of halogens is 2. The number of amides is 1. The molecule has 2 N–H and O–H groups in total. The quantitative estimate of drug-likeness (QED) is 0.218. The van der Waals surface area contributed by atoms with E-state index in [4.69, 9.17) is 4.74 Å². The second kappa shape index (κ2) is 12.2. The van der Waals surface area contributed by atoms with Gasteiger partial charge in [0.15, 0.2) is 9.84 Å². The summed E-state index contributed by atoms with van der Waals surface area (Å²) < 4.78 is 59.6. The molecule has 0 spiro atoms. The monoisotopic (exact) mass is 621 g/mol. The van der Waals surface area contributed by atoms with Gasteiger partial charge < -0.3 is 19.5 Å². The molecule has 0 fully saturated rings. The molecule has 3 aromatic carbocycles. The fourth-order valence-corrected chi connectivity index (χ4v) is 5.49. The van der Waals surface area contributed by atoms with Crippen molar-refractivity contribution >= 4 is 55.9 Å². The number of nitrogens with one attached hydrogen (secondary N) is 2. The minimum atomic E-state index is -3.46. The Balaban J connectivity index is 1.42. The van der Waals surface area contributed by atoms with Gasteiger partial charge in [-0.3, -0.25) is 10.1 Å². The van der Waals surface area contributed by atoms with Gasteiger partial charge in [-0.25, -0.2) is 27.2 Å². The molecule has 228 valence electrons. The smallest absolute Gasteiger partial charge is 0.231 e. The van der Waals surface area contributed by atoms with E-state index in [0.717, 1.165) is 18.2 Å². The first-order valence-corrected chi connectivity index (χ1v) is 15.1. The molecule has 0 aliphatic carbocycles. The maximum atomic E-state index is 14.1. The van der Waals surface area contributed by atoms with Crippen LogP contribution in [0.1, 0.15) is 12.5 Å². The second-order valence-electron chi connectivity index (χ2n) is 9.79. The summed E-state index contributed by atoms with van der Waals surface area (Å²) in [6.07, 6.45) is 1.18. The summed E-state index contributed by atoms with van der Waals surface area (Å²) in [7, 11) is 1.53. The molecule has 0 bridgehead atoms. The average molecular weight is 622 g/mol. The lowest BCUT2D eigenvalue weighted by Crippen LogP contribution is -2.18. The highest BCUT2D eigenvalue weighted by atomic mass is 32.2. The number of rotatable bonds is 10. The number of sulfone groups is 1. The lowest BCUT2D eigenvalue weighted by atomic mass is 10.1. The Morgan fingerprint density at radius 3 is 2.61 bits per heavy atom. The molecule has 11 nitrogen and oxygen atoms in total. The third-order valence-electron chi connectivity index (χ3n) is 7.00. The van der Waals surface area contributed by atoms with Crippen LogP contribution in [0.3, 0.4) is 0 Å². The lowest BCUT2D eigenvalue weighted by molar-refractivity contribution is -0.115. The predicted molar refractivity (Wildman–Crippen MR) is 164 cm³/mol. The Morgan fingerprint density at radius 1 is 1.07 bits per heavy atom. The van der Waals surface area contributed by atoms with E-state index in [0.29, 0.717) is 34.0 Å². The Bertz CT molecular complexity index is 1980. The van der Waals surface area contributed by atoms with Gasteiger partial charge in [-0.1, -0.05) is 13.0 Å². The van der Waals surface area contributed by atoms with Crippen LogP contribution in [0, 0.1) is 11.6 Å². The number of aryl methyl sites for hydroxylation is 1.